The van der Waals surface area contributed by atoms with Crippen LogP contribution in [0.25, 0.3) is 0 Å². The summed E-state index contributed by atoms with van der Waals surface area (Å²) in [5.74, 6) is 0.870. The van der Waals surface area contributed by atoms with Crippen LogP contribution in [0, 0.1) is 0 Å². The molecule has 0 aliphatic heterocycles. The summed E-state index contributed by atoms with van der Waals surface area (Å²) in [4.78, 5) is 0. The molecule has 0 unspecified atom stereocenters. The topological polar surface area (TPSA) is 0 Å². The van der Waals surface area contributed by atoms with Gasteiger partial charge in [-0.1, -0.05) is 39.0 Å². The third-order valence-electron chi connectivity index (χ3n) is 1.13. The van der Waals surface area contributed by atoms with Crippen molar-refractivity contribution in [2.24, 2.45) is 0 Å². The van der Waals surface area contributed by atoms with Crippen molar-refractivity contribution in [3.63, 3.8) is 0 Å². The first-order valence-electron chi connectivity index (χ1n) is 2.81. The molecule has 0 aliphatic carbocycles. The standard InChI is InChI=1S/C7H6BrClS/c8-7-3-1-6(2-4-7)5-10-9/h1-4H,5H2. The summed E-state index contributed by atoms with van der Waals surface area (Å²) in [6.07, 6.45) is 0. The van der Waals surface area contributed by atoms with Crippen LogP contribution in [0.15, 0.2) is 28.7 Å². The van der Waals surface area contributed by atoms with Gasteiger partial charge in [-0.3, -0.25) is 0 Å². The molecule has 0 amide bonds. The summed E-state index contributed by atoms with van der Waals surface area (Å²) in [6.45, 7) is 0. The van der Waals surface area contributed by atoms with Crippen LogP contribution in [0.1, 0.15) is 5.56 Å². The highest BCUT2D eigenvalue weighted by atomic mass is 79.9. The van der Waals surface area contributed by atoms with Crippen molar-refractivity contribution in [3.05, 3.63) is 34.3 Å². The molecule has 0 saturated heterocycles. The number of rotatable bonds is 2. The van der Waals surface area contributed by atoms with E-state index >= 15 is 0 Å². The Bertz CT molecular complexity index is 197. The molecule has 10 heavy (non-hydrogen) atoms. The number of hydrogen-bond donors (Lipinski definition) is 0. The lowest BCUT2D eigenvalue weighted by Crippen LogP contribution is -1.75. The molecule has 3 heteroatoms. The van der Waals surface area contributed by atoms with Gasteiger partial charge in [-0.2, -0.15) is 0 Å². The van der Waals surface area contributed by atoms with Crippen molar-refractivity contribution in [3.8, 4) is 0 Å². The maximum absolute atomic E-state index is 5.48. The Kier molecular flexibility index (Phi) is 3.60. The zero-order chi connectivity index (χ0) is 7.40. The summed E-state index contributed by atoms with van der Waals surface area (Å²) < 4.78 is 1.11. The van der Waals surface area contributed by atoms with Crippen molar-refractivity contribution in [2.75, 3.05) is 0 Å². The predicted octanol–water partition coefficient (Wildman–Crippen LogP) is 3.84. The van der Waals surface area contributed by atoms with E-state index in [-0.39, 0.29) is 0 Å². The maximum atomic E-state index is 5.48. The van der Waals surface area contributed by atoms with Gasteiger partial charge in [0.15, 0.2) is 0 Å². The second-order valence-corrected chi connectivity index (χ2v) is 3.96. The maximum Gasteiger partial charge on any atom is 0.0337 e. The summed E-state index contributed by atoms with van der Waals surface area (Å²) in [7, 11) is 6.80. The normalized spacial score (nSPS) is 9.80. The van der Waals surface area contributed by atoms with E-state index in [0.29, 0.717) is 0 Å². The third-order valence-corrected chi connectivity index (χ3v) is 2.43. The Labute approximate surface area is 77.6 Å². The average molecular weight is 238 g/mol. The molecule has 0 saturated carbocycles. The van der Waals surface area contributed by atoms with Gasteiger partial charge < -0.3 is 0 Å². The lowest BCUT2D eigenvalue weighted by Gasteiger charge is -1.95. The molecular formula is C7H6BrClS. The Morgan fingerprint density at radius 1 is 1.30 bits per heavy atom. The van der Waals surface area contributed by atoms with Crippen LogP contribution in [-0.2, 0) is 5.75 Å². The first kappa shape index (κ1) is 8.44. The van der Waals surface area contributed by atoms with Crippen LogP contribution in [0.5, 0.6) is 0 Å². The molecule has 0 nitrogen and oxygen atoms in total. The van der Waals surface area contributed by atoms with E-state index < -0.39 is 0 Å². The highest BCUT2D eigenvalue weighted by Gasteiger charge is 1.90. The molecule has 0 bridgehead atoms. The molecule has 1 rings (SSSR count). The van der Waals surface area contributed by atoms with E-state index in [1.54, 1.807) is 0 Å². The van der Waals surface area contributed by atoms with Gasteiger partial charge in [-0.05, 0) is 28.4 Å². The van der Waals surface area contributed by atoms with Gasteiger partial charge in [0.25, 0.3) is 0 Å². The van der Waals surface area contributed by atoms with E-state index in [4.69, 9.17) is 10.7 Å². The van der Waals surface area contributed by atoms with Gasteiger partial charge in [0, 0.05) is 10.2 Å². The van der Waals surface area contributed by atoms with Gasteiger partial charge in [-0.15, -0.1) is 0 Å². The zero-order valence-corrected chi connectivity index (χ0v) is 8.34. The fourth-order valence-corrected chi connectivity index (χ4v) is 1.60. The monoisotopic (exact) mass is 236 g/mol. The van der Waals surface area contributed by atoms with Crippen LogP contribution in [0.3, 0.4) is 0 Å². The fourth-order valence-electron chi connectivity index (χ4n) is 0.644. The molecule has 0 aromatic heterocycles. The first-order valence-corrected chi connectivity index (χ1v) is 5.41. The lowest BCUT2D eigenvalue weighted by atomic mass is 10.2. The van der Waals surface area contributed by atoms with E-state index in [1.165, 1.54) is 16.5 Å². The van der Waals surface area contributed by atoms with Crippen LogP contribution in [0.4, 0.5) is 0 Å². The second-order valence-electron chi connectivity index (χ2n) is 1.88. The van der Waals surface area contributed by atoms with Gasteiger partial charge >= 0.3 is 0 Å². The van der Waals surface area contributed by atoms with Crippen molar-refractivity contribution in [1.82, 2.24) is 0 Å². The molecule has 0 aliphatic rings. The Morgan fingerprint density at radius 2 is 1.90 bits per heavy atom. The van der Waals surface area contributed by atoms with Crippen molar-refractivity contribution in [1.29, 1.82) is 0 Å². The quantitative estimate of drug-likeness (QED) is 0.753. The predicted molar refractivity (Wildman–Crippen MR) is 51.3 cm³/mol. The highest BCUT2D eigenvalue weighted by molar-refractivity contribution is 9.10. The summed E-state index contributed by atoms with van der Waals surface area (Å²) in [5.41, 5.74) is 1.25. The molecule has 0 heterocycles. The van der Waals surface area contributed by atoms with Gasteiger partial charge in [0.2, 0.25) is 0 Å². The van der Waals surface area contributed by atoms with Crippen LogP contribution in [0.2, 0.25) is 0 Å². The fraction of sp³-hybridized carbons (Fsp3) is 0.143. The smallest absolute Gasteiger partial charge is 0.0337 e. The van der Waals surface area contributed by atoms with E-state index in [1.807, 2.05) is 12.1 Å². The van der Waals surface area contributed by atoms with E-state index in [0.717, 1.165) is 10.2 Å². The molecular weight excluding hydrogens is 232 g/mol. The summed E-state index contributed by atoms with van der Waals surface area (Å²) >= 11 is 3.36. The molecule has 0 radical (unpaired) electrons. The second kappa shape index (κ2) is 4.27. The van der Waals surface area contributed by atoms with Gasteiger partial charge in [0.1, 0.15) is 0 Å². The molecule has 0 spiro atoms. The SMILES string of the molecule is ClSCc1ccc(Br)cc1. The van der Waals surface area contributed by atoms with Gasteiger partial charge in [-0.25, -0.2) is 0 Å². The van der Waals surface area contributed by atoms with Crippen LogP contribution < -0.4 is 0 Å². The van der Waals surface area contributed by atoms with Crippen LogP contribution in [-0.4, -0.2) is 0 Å². The minimum absolute atomic E-state index is 0.870. The molecule has 1 aromatic rings. The molecule has 0 atom stereocenters. The minimum atomic E-state index is 0.870. The van der Waals surface area contributed by atoms with E-state index in [2.05, 4.69) is 28.1 Å². The molecule has 0 N–H and O–H groups in total. The summed E-state index contributed by atoms with van der Waals surface area (Å²) in [5, 5.41) is 0. The van der Waals surface area contributed by atoms with Crippen molar-refractivity contribution >= 4 is 37.6 Å². The number of halogens is 2. The molecule has 0 fully saturated rings. The average Bonchev–Trinajstić information content (AvgIpc) is 1.95. The van der Waals surface area contributed by atoms with Crippen molar-refractivity contribution in [2.45, 2.75) is 5.75 Å². The van der Waals surface area contributed by atoms with Crippen molar-refractivity contribution < 1.29 is 0 Å². The number of hydrogen-bond acceptors (Lipinski definition) is 1. The minimum Gasteiger partial charge on any atom is -0.0570 e. The summed E-state index contributed by atoms with van der Waals surface area (Å²) in [6, 6.07) is 8.14. The lowest BCUT2D eigenvalue weighted by molar-refractivity contribution is 1.41. The Hall–Kier alpha value is 0.340. The first-order chi connectivity index (χ1) is 4.83. The van der Waals surface area contributed by atoms with Crippen LogP contribution >= 0.6 is 37.6 Å². The van der Waals surface area contributed by atoms with Gasteiger partial charge in [0.05, 0.1) is 0 Å². The highest BCUT2D eigenvalue weighted by Crippen LogP contribution is 2.17. The molecule has 54 valence electrons. The largest absolute Gasteiger partial charge is 0.0570 e. The van der Waals surface area contributed by atoms with E-state index in [9.17, 15) is 0 Å². The number of benzene rings is 1. The third kappa shape index (κ3) is 2.52. The Morgan fingerprint density at radius 3 is 2.40 bits per heavy atom. The zero-order valence-electron chi connectivity index (χ0n) is 5.18. The Balaban J connectivity index is 2.69. The molecule has 1 aromatic carbocycles.